The Morgan fingerprint density at radius 1 is 1.13 bits per heavy atom. The number of aromatic nitrogens is 3. The number of fused-ring (bicyclic) bond motifs is 1. The van der Waals surface area contributed by atoms with E-state index >= 15 is 0 Å². The van der Waals surface area contributed by atoms with Crippen molar-refractivity contribution in [1.29, 1.82) is 0 Å². The van der Waals surface area contributed by atoms with E-state index in [1.807, 2.05) is 23.1 Å². The molecule has 5 rings (SSSR count). The van der Waals surface area contributed by atoms with Gasteiger partial charge in [0.25, 0.3) is 0 Å². The van der Waals surface area contributed by atoms with E-state index in [1.165, 1.54) is 17.7 Å². The van der Waals surface area contributed by atoms with Crippen molar-refractivity contribution < 1.29 is 14.4 Å². The normalized spacial score (nSPS) is 15.8. The number of benzene rings is 1. The molecule has 2 aliphatic heterocycles. The number of nitrogens with one attached hydrogen (secondary N) is 1. The second-order valence-corrected chi connectivity index (χ2v) is 7.96. The predicted octanol–water partition coefficient (Wildman–Crippen LogP) is 2.64. The summed E-state index contributed by atoms with van der Waals surface area (Å²) in [6.45, 7) is 3.79. The van der Waals surface area contributed by atoms with Crippen LogP contribution in [0.4, 0.5) is 22.5 Å². The van der Waals surface area contributed by atoms with Crippen LogP contribution in [0.15, 0.2) is 36.1 Å². The number of hydrogen-bond acceptors (Lipinski definition) is 11. The van der Waals surface area contributed by atoms with Crippen LogP contribution in [-0.2, 0) is 6.54 Å². The Morgan fingerprint density at radius 3 is 2.74 bits per heavy atom. The van der Waals surface area contributed by atoms with E-state index in [-0.39, 0.29) is 18.3 Å². The third-order valence-corrected chi connectivity index (χ3v) is 5.85. The lowest BCUT2D eigenvalue weighted by molar-refractivity contribution is -0.383. The fourth-order valence-corrected chi connectivity index (χ4v) is 4.19. The zero-order chi connectivity index (χ0) is 21.2. The van der Waals surface area contributed by atoms with Crippen LogP contribution in [-0.4, -0.2) is 57.7 Å². The molecule has 31 heavy (non-hydrogen) atoms. The molecule has 0 saturated carbocycles. The number of hydrogen-bond donors (Lipinski definition) is 1. The van der Waals surface area contributed by atoms with Crippen LogP contribution in [0, 0.1) is 10.1 Å². The number of ether oxygens (including phenoxy) is 2. The van der Waals surface area contributed by atoms with Crippen molar-refractivity contribution in [2.75, 3.05) is 43.2 Å². The van der Waals surface area contributed by atoms with Crippen molar-refractivity contribution in [3.8, 4) is 11.5 Å². The molecule has 3 aromatic rings. The summed E-state index contributed by atoms with van der Waals surface area (Å²) in [6, 6.07) is 5.96. The number of nitrogens with zero attached hydrogens (tertiary/aromatic N) is 6. The minimum Gasteiger partial charge on any atom is -0.454 e. The summed E-state index contributed by atoms with van der Waals surface area (Å²) >= 11 is 1.35. The molecule has 11 nitrogen and oxygen atoms in total. The van der Waals surface area contributed by atoms with Crippen LogP contribution < -0.4 is 19.7 Å². The summed E-state index contributed by atoms with van der Waals surface area (Å²) < 4.78 is 10.8. The summed E-state index contributed by atoms with van der Waals surface area (Å²) in [5.74, 6) is 2.01. The molecule has 2 aliphatic rings. The summed E-state index contributed by atoms with van der Waals surface area (Å²) in [4.78, 5) is 28.0. The molecule has 0 amide bonds. The average Bonchev–Trinajstić information content (AvgIpc) is 3.45. The van der Waals surface area contributed by atoms with Crippen molar-refractivity contribution in [3.05, 3.63) is 51.8 Å². The molecular formula is C19H19N7O4S. The molecular weight excluding hydrogens is 422 g/mol. The average molecular weight is 441 g/mol. The van der Waals surface area contributed by atoms with Crippen LogP contribution in [0.5, 0.6) is 11.5 Å². The lowest BCUT2D eigenvalue weighted by Crippen LogP contribution is -2.46. The van der Waals surface area contributed by atoms with E-state index in [1.54, 1.807) is 11.6 Å². The first-order valence-electron chi connectivity index (χ1n) is 9.69. The predicted molar refractivity (Wildman–Crippen MR) is 114 cm³/mol. The van der Waals surface area contributed by atoms with Gasteiger partial charge in [0.1, 0.15) is 6.33 Å². The van der Waals surface area contributed by atoms with Crippen LogP contribution in [0.25, 0.3) is 0 Å². The van der Waals surface area contributed by atoms with Gasteiger partial charge in [0.2, 0.25) is 18.4 Å². The first-order chi connectivity index (χ1) is 15.2. The second kappa shape index (κ2) is 8.32. The molecule has 0 spiro atoms. The molecule has 12 heteroatoms. The van der Waals surface area contributed by atoms with Gasteiger partial charge in [0.15, 0.2) is 16.6 Å². The largest absolute Gasteiger partial charge is 0.454 e. The first kappa shape index (κ1) is 19.5. The standard InChI is InChI=1S/C19H19N7O4S/c27-26(28)16-17(23-19-20-3-8-31-19)21-11-22-18(16)25-6-4-24(5-7-25)10-13-1-2-14-15(9-13)30-12-29-14/h1-3,8-9,11H,4-7,10,12H2,(H,20,21,22,23). The Bertz CT molecular complexity index is 1090. The maximum atomic E-state index is 11.8. The third-order valence-electron chi connectivity index (χ3n) is 5.16. The Kier molecular flexibility index (Phi) is 5.22. The highest BCUT2D eigenvalue weighted by molar-refractivity contribution is 7.13. The molecule has 4 heterocycles. The van der Waals surface area contributed by atoms with Gasteiger partial charge >= 0.3 is 5.69 Å². The van der Waals surface area contributed by atoms with Gasteiger partial charge in [-0.25, -0.2) is 15.0 Å². The summed E-state index contributed by atoms with van der Waals surface area (Å²) in [5.41, 5.74) is 1.00. The van der Waals surface area contributed by atoms with Crippen molar-refractivity contribution in [2.45, 2.75) is 6.54 Å². The zero-order valence-electron chi connectivity index (χ0n) is 16.4. The molecule has 0 bridgehead atoms. The monoisotopic (exact) mass is 441 g/mol. The lowest BCUT2D eigenvalue weighted by Gasteiger charge is -2.35. The highest BCUT2D eigenvalue weighted by Gasteiger charge is 2.29. The Labute approximate surface area is 181 Å². The minimum atomic E-state index is -0.440. The fourth-order valence-electron chi connectivity index (χ4n) is 3.66. The Hall–Kier alpha value is -3.51. The van der Waals surface area contributed by atoms with Gasteiger partial charge in [-0.1, -0.05) is 6.07 Å². The number of thiazole rings is 1. The topological polar surface area (TPSA) is 119 Å². The molecule has 1 saturated heterocycles. The van der Waals surface area contributed by atoms with Crippen LogP contribution in [0.3, 0.4) is 0 Å². The molecule has 2 aromatic heterocycles. The third kappa shape index (κ3) is 4.07. The van der Waals surface area contributed by atoms with E-state index in [0.717, 1.165) is 36.7 Å². The van der Waals surface area contributed by atoms with Gasteiger partial charge in [-0.2, -0.15) is 0 Å². The SMILES string of the molecule is O=[N+]([O-])c1c(Nc2nccs2)ncnc1N1CCN(Cc2ccc3c(c2)OCO3)CC1. The first-order valence-corrected chi connectivity index (χ1v) is 10.6. The maximum Gasteiger partial charge on any atom is 0.353 e. The van der Waals surface area contributed by atoms with Crippen LogP contribution in [0.2, 0.25) is 0 Å². The van der Waals surface area contributed by atoms with Crippen molar-refractivity contribution >= 4 is 33.8 Å². The van der Waals surface area contributed by atoms with E-state index in [0.29, 0.717) is 24.0 Å². The number of rotatable bonds is 6. The highest BCUT2D eigenvalue weighted by atomic mass is 32.1. The number of nitro groups is 1. The van der Waals surface area contributed by atoms with Crippen molar-refractivity contribution in [3.63, 3.8) is 0 Å². The maximum absolute atomic E-state index is 11.8. The number of anilines is 3. The van der Waals surface area contributed by atoms with Gasteiger partial charge in [-0.05, 0) is 17.7 Å². The highest BCUT2D eigenvalue weighted by Crippen LogP contribution is 2.35. The molecule has 160 valence electrons. The van der Waals surface area contributed by atoms with Crippen molar-refractivity contribution in [1.82, 2.24) is 19.9 Å². The van der Waals surface area contributed by atoms with Crippen LogP contribution >= 0.6 is 11.3 Å². The fraction of sp³-hybridized carbons (Fsp3) is 0.316. The summed E-state index contributed by atoms with van der Waals surface area (Å²) in [6.07, 6.45) is 2.97. The van der Waals surface area contributed by atoms with Gasteiger partial charge in [-0.15, -0.1) is 11.3 Å². The van der Waals surface area contributed by atoms with E-state index in [2.05, 4.69) is 25.2 Å². The lowest BCUT2D eigenvalue weighted by atomic mass is 10.1. The molecule has 0 radical (unpaired) electrons. The van der Waals surface area contributed by atoms with E-state index in [9.17, 15) is 10.1 Å². The quantitative estimate of drug-likeness (QED) is 0.452. The molecule has 1 fully saturated rings. The van der Waals surface area contributed by atoms with Crippen molar-refractivity contribution in [2.24, 2.45) is 0 Å². The molecule has 0 atom stereocenters. The number of piperazine rings is 1. The Balaban J connectivity index is 1.28. The summed E-state index contributed by atoms with van der Waals surface area (Å²) in [7, 11) is 0. The zero-order valence-corrected chi connectivity index (χ0v) is 17.2. The van der Waals surface area contributed by atoms with Gasteiger partial charge in [0.05, 0.1) is 4.92 Å². The van der Waals surface area contributed by atoms with Gasteiger partial charge in [-0.3, -0.25) is 15.0 Å². The van der Waals surface area contributed by atoms with E-state index < -0.39 is 4.92 Å². The Morgan fingerprint density at radius 2 is 1.97 bits per heavy atom. The van der Waals surface area contributed by atoms with Gasteiger partial charge < -0.3 is 19.7 Å². The smallest absolute Gasteiger partial charge is 0.353 e. The van der Waals surface area contributed by atoms with E-state index in [4.69, 9.17) is 9.47 Å². The van der Waals surface area contributed by atoms with Gasteiger partial charge in [0, 0.05) is 44.3 Å². The molecule has 1 N–H and O–H groups in total. The minimum absolute atomic E-state index is 0.137. The second-order valence-electron chi connectivity index (χ2n) is 7.06. The molecule has 0 unspecified atom stereocenters. The van der Waals surface area contributed by atoms with Crippen LogP contribution in [0.1, 0.15) is 5.56 Å². The molecule has 0 aliphatic carbocycles. The molecule has 1 aromatic carbocycles. The summed E-state index contributed by atoms with van der Waals surface area (Å²) in [5, 5.41) is 17.1.